The number of amides is 1. The van der Waals surface area contributed by atoms with Crippen LogP contribution < -0.4 is 14.8 Å². The third-order valence-corrected chi connectivity index (χ3v) is 3.45. The molecule has 0 unspecified atom stereocenters. The normalized spacial score (nSPS) is 10.2. The van der Waals surface area contributed by atoms with Gasteiger partial charge in [-0.25, -0.2) is 0 Å². The van der Waals surface area contributed by atoms with Crippen LogP contribution in [0, 0.1) is 0 Å². The number of nitrogens with one attached hydrogen (secondary N) is 1. The van der Waals surface area contributed by atoms with Crippen LogP contribution in [0.2, 0.25) is 10.0 Å². The lowest BCUT2D eigenvalue weighted by atomic mass is 10.3. The molecule has 0 saturated carbocycles. The van der Waals surface area contributed by atoms with E-state index in [1.165, 1.54) is 0 Å². The van der Waals surface area contributed by atoms with Crippen LogP contribution in [0.1, 0.15) is 6.42 Å². The Hall–Kier alpha value is -1.91. The van der Waals surface area contributed by atoms with Crippen LogP contribution in [0.15, 0.2) is 48.5 Å². The van der Waals surface area contributed by atoms with Gasteiger partial charge in [-0.05, 0) is 30.7 Å². The molecule has 6 heteroatoms. The topological polar surface area (TPSA) is 47.6 Å². The summed E-state index contributed by atoms with van der Waals surface area (Å²) in [6, 6.07) is 14.4. The first-order chi connectivity index (χ1) is 11.1. The number of para-hydroxylation sites is 1. The third kappa shape index (κ3) is 6.38. The minimum Gasteiger partial charge on any atom is -0.494 e. The number of hydrogen-bond donors (Lipinski definition) is 1. The largest absolute Gasteiger partial charge is 0.494 e. The highest BCUT2D eigenvalue weighted by molar-refractivity contribution is 6.34. The molecule has 0 spiro atoms. The van der Waals surface area contributed by atoms with Crippen molar-refractivity contribution >= 4 is 29.1 Å². The molecule has 1 N–H and O–H groups in total. The average Bonchev–Trinajstić information content (AvgIpc) is 2.56. The molecule has 0 heterocycles. The number of benzene rings is 2. The summed E-state index contributed by atoms with van der Waals surface area (Å²) in [7, 11) is 0. The Balaban J connectivity index is 1.61. The smallest absolute Gasteiger partial charge is 0.257 e. The highest BCUT2D eigenvalue weighted by atomic mass is 35.5. The van der Waals surface area contributed by atoms with E-state index in [2.05, 4.69) is 5.32 Å². The van der Waals surface area contributed by atoms with Crippen molar-refractivity contribution in [1.82, 2.24) is 5.32 Å². The maximum atomic E-state index is 11.7. The molecule has 0 fully saturated rings. The fourth-order valence-electron chi connectivity index (χ4n) is 1.79. The van der Waals surface area contributed by atoms with Gasteiger partial charge in [-0.2, -0.15) is 0 Å². The molecule has 0 aromatic heterocycles. The number of hydrogen-bond acceptors (Lipinski definition) is 3. The summed E-state index contributed by atoms with van der Waals surface area (Å²) in [5.74, 6) is 0.986. The van der Waals surface area contributed by atoms with Crippen LogP contribution in [-0.2, 0) is 4.79 Å². The highest BCUT2D eigenvalue weighted by Gasteiger charge is 2.06. The standard InChI is InChI=1S/C17H17Cl2NO3/c18-13-7-8-15(19)16(11-13)23-12-17(21)20-9-4-10-22-14-5-2-1-3-6-14/h1-3,5-8,11H,4,9-10,12H2,(H,20,21). The van der Waals surface area contributed by atoms with Crippen LogP contribution in [0.25, 0.3) is 0 Å². The lowest BCUT2D eigenvalue weighted by Crippen LogP contribution is -2.30. The summed E-state index contributed by atoms with van der Waals surface area (Å²) < 4.78 is 10.9. The zero-order chi connectivity index (χ0) is 16.5. The molecule has 0 saturated heterocycles. The predicted octanol–water partition coefficient (Wildman–Crippen LogP) is 3.96. The molecule has 0 bridgehead atoms. The SMILES string of the molecule is O=C(COc1cc(Cl)ccc1Cl)NCCCOc1ccccc1. The van der Waals surface area contributed by atoms with Crippen molar-refractivity contribution in [2.24, 2.45) is 0 Å². The van der Waals surface area contributed by atoms with Gasteiger partial charge in [0.1, 0.15) is 11.5 Å². The monoisotopic (exact) mass is 353 g/mol. The highest BCUT2D eigenvalue weighted by Crippen LogP contribution is 2.27. The Morgan fingerprint density at radius 3 is 2.61 bits per heavy atom. The molecular formula is C17H17Cl2NO3. The maximum absolute atomic E-state index is 11.7. The van der Waals surface area contributed by atoms with E-state index < -0.39 is 0 Å². The van der Waals surface area contributed by atoms with Crippen LogP contribution in [0.5, 0.6) is 11.5 Å². The summed E-state index contributed by atoms with van der Waals surface area (Å²) in [6.07, 6.45) is 0.707. The zero-order valence-corrected chi connectivity index (χ0v) is 13.9. The molecule has 122 valence electrons. The minimum absolute atomic E-state index is 0.112. The van der Waals surface area contributed by atoms with E-state index in [-0.39, 0.29) is 12.5 Å². The second-order valence-electron chi connectivity index (χ2n) is 4.73. The number of carbonyl (C=O) groups excluding carboxylic acids is 1. The Labute approximate surface area is 145 Å². The summed E-state index contributed by atoms with van der Waals surface area (Å²) in [6.45, 7) is 0.934. The molecule has 2 aromatic rings. The second kappa shape index (κ2) is 9.28. The molecule has 0 aliphatic carbocycles. The molecule has 2 aromatic carbocycles. The first kappa shape index (κ1) is 17.4. The van der Waals surface area contributed by atoms with Gasteiger partial charge in [0.05, 0.1) is 11.6 Å². The van der Waals surface area contributed by atoms with Gasteiger partial charge in [-0.15, -0.1) is 0 Å². The van der Waals surface area contributed by atoms with Gasteiger partial charge in [0.2, 0.25) is 0 Å². The molecule has 0 aliphatic rings. The fourth-order valence-corrected chi connectivity index (χ4v) is 2.12. The van der Waals surface area contributed by atoms with Crippen LogP contribution in [-0.4, -0.2) is 25.7 Å². The number of rotatable bonds is 8. The van der Waals surface area contributed by atoms with E-state index in [1.807, 2.05) is 30.3 Å². The van der Waals surface area contributed by atoms with Gasteiger partial charge in [0, 0.05) is 17.6 Å². The van der Waals surface area contributed by atoms with Crippen LogP contribution in [0.3, 0.4) is 0 Å². The van der Waals surface area contributed by atoms with E-state index in [1.54, 1.807) is 18.2 Å². The number of ether oxygens (including phenoxy) is 2. The van der Waals surface area contributed by atoms with Gasteiger partial charge in [0.15, 0.2) is 6.61 Å². The van der Waals surface area contributed by atoms with Crippen molar-refractivity contribution in [3.63, 3.8) is 0 Å². The molecule has 23 heavy (non-hydrogen) atoms. The van der Waals surface area contributed by atoms with E-state index >= 15 is 0 Å². The predicted molar refractivity (Wildman–Crippen MR) is 91.5 cm³/mol. The Bertz CT molecular complexity index is 635. The van der Waals surface area contributed by atoms with Crippen molar-refractivity contribution in [2.45, 2.75) is 6.42 Å². The quantitative estimate of drug-likeness (QED) is 0.730. The van der Waals surface area contributed by atoms with Gasteiger partial charge < -0.3 is 14.8 Å². The van der Waals surface area contributed by atoms with Crippen LogP contribution in [0.4, 0.5) is 0 Å². The molecule has 0 atom stereocenters. The van der Waals surface area contributed by atoms with Crippen molar-refractivity contribution in [3.8, 4) is 11.5 Å². The Morgan fingerprint density at radius 2 is 1.83 bits per heavy atom. The summed E-state index contributed by atoms with van der Waals surface area (Å²) >= 11 is 11.8. The zero-order valence-electron chi connectivity index (χ0n) is 12.4. The lowest BCUT2D eigenvalue weighted by Gasteiger charge is -2.09. The molecule has 0 radical (unpaired) electrons. The second-order valence-corrected chi connectivity index (χ2v) is 5.57. The van der Waals surface area contributed by atoms with Crippen molar-refractivity contribution in [1.29, 1.82) is 0 Å². The molecule has 4 nitrogen and oxygen atoms in total. The summed E-state index contributed by atoms with van der Waals surface area (Å²) in [5.41, 5.74) is 0. The first-order valence-electron chi connectivity index (χ1n) is 7.17. The van der Waals surface area contributed by atoms with Gasteiger partial charge in [-0.3, -0.25) is 4.79 Å². The summed E-state index contributed by atoms with van der Waals surface area (Å²) in [4.78, 5) is 11.7. The minimum atomic E-state index is -0.222. The number of carbonyl (C=O) groups is 1. The van der Waals surface area contributed by atoms with Crippen molar-refractivity contribution < 1.29 is 14.3 Å². The fraction of sp³-hybridized carbons (Fsp3) is 0.235. The average molecular weight is 354 g/mol. The Kier molecular flexibility index (Phi) is 7.04. The van der Waals surface area contributed by atoms with Gasteiger partial charge in [0.25, 0.3) is 5.91 Å². The molecular weight excluding hydrogens is 337 g/mol. The van der Waals surface area contributed by atoms with Crippen molar-refractivity contribution in [2.75, 3.05) is 19.8 Å². The molecule has 1 amide bonds. The van der Waals surface area contributed by atoms with Gasteiger partial charge >= 0.3 is 0 Å². The first-order valence-corrected chi connectivity index (χ1v) is 7.93. The lowest BCUT2D eigenvalue weighted by molar-refractivity contribution is -0.123. The van der Waals surface area contributed by atoms with E-state index in [9.17, 15) is 4.79 Å². The third-order valence-electron chi connectivity index (χ3n) is 2.91. The van der Waals surface area contributed by atoms with E-state index in [0.29, 0.717) is 35.4 Å². The Morgan fingerprint density at radius 1 is 1.04 bits per heavy atom. The number of halogens is 2. The summed E-state index contributed by atoms with van der Waals surface area (Å²) in [5, 5.41) is 3.67. The van der Waals surface area contributed by atoms with Crippen LogP contribution >= 0.6 is 23.2 Å². The maximum Gasteiger partial charge on any atom is 0.257 e. The van der Waals surface area contributed by atoms with Gasteiger partial charge in [-0.1, -0.05) is 41.4 Å². The van der Waals surface area contributed by atoms with E-state index in [0.717, 1.165) is 5.75 Å². The molecule has 2 rings (SSSR count). The van der Waals surface area contributed by atoms with Crippen molar-refractivity contribution in [3.05, 3.63) is 58.6 Å². The molecule has 0 aliphatic heterocycles. The van der Waals surface area contributed by atoms with E-state index in [4.69, 9.17) is 32.7 Å².